The number of amides is 1. The van der Waals surface area contributed by atoms with Crippen LogP contribution in [-0.4, -0.2) is 76.0 Å². The van der Waals surface area contributed by atoms with Crippen LogP contribution in [0.2, 0.25) is 5.02 Å². The number of carbonyl (C=O) groups is 2. The Morgan fingerprint density at radius 2 is 1.73 bits per heavy atom. The molecule has 0 radical (unpaired) electrons. The number of benzene rings is 3. The van der Waals surface area contributed by atoms with Gasteiger partial charge in [0.15, 0.2) is 11.5 Å². The molecular formula is C27H28BrClN2O6. The molecule has 1 amide bonds. The Hall–Kier alpha value is -2.85. The van der Waals surface area contributed by atoms with Crippen LogP contribution in [0, 0.1) is 0 Å². The molecule has 0 bridgehead atoms. The largest absolute Gasteiger partial charge is 0.493 e. The first-order chi connectivity index (χ1) is 17.8. The van der Waals surface area contributed by atoms with E-state index in [0.29, 0.717) is 75.7 Å². The highest BCUT2D eigenvalue weighted by Gasteiger charge is 2.31. The first-order valence-electron chi connectivity index (χ1n) is 11.8. The van der Waals surface area contributed by atoms with Gasteiger partial charge in [-0.15, -0.1) is 0 Å². The van der Waals surface area contributed by atoms with E-state index in [2.05, 4.69) is 15.9 Å². The van der Waals surface area contributed by atoms with Crippen molar-refractivity contribution in [3.63, 3.8) is 0 Å². The van der Waals surface area contributed by atoms with Gasteiger partial charge in [-0.3, -0.25) is 9.63 Å². The van der Waals surface area contributed by atoms with Gasteiger partial charge in [0.2, 0.25) is 0 Å². The van der Waals surface area contributed by atoms with Crippen LogP contribution in [0.1, 0.15) is 27.6 Å². The van der Waals surface area contributed by atoms with E-state index in [1.165, 1.54) is 14.2 Å². The third-order valence-corrected chi connectivity index (χ3v) is 7.23. The smallest absolute Gasteiger partial charge is 0.339 e. The summed E-state index contributed by atoms with van der Waals surface area (Å²) in [6.07, 6.45) is 0. The lowest BCUT2D eigenvalue weighted by Gasteiger charge is -2.34. The van der Waals surface area contributed by atoms with Crippen LogP contribution >= 0.6 is 27.5 Å². The minimum atomic E-state index is -0.626. The summed E-state index contributed by atoms with van der Waals surface area (Å²) in [5, 5.41) is 3.65. The average Bonchev–Trinajstić information content (AvgIpc) is 2.91. The first kappa shape index (κ1) is 27.2. The fourth-order valence-electron chi connectivity index (χ4n) is 4.61. The minimum Gasteiger partial charge on any atom is -0.493 e. The van der Waals surface area contributed by atoms with Gasteiger partial charge in [0.25, 0.3) is 5.91 Å². The molecule has 3 aromatic rings. The van der Waals surface area contributed by atoms with Gasteiger partial charge in [0.1, 0.15) is 0 Å². The van der Waals surface area contributed by atoms with Crippen LogP contribution in [0.15, 0.2) is 40.9 Å². The topological polar surface area (TPSA) is 77.5 Å². The summed E-state index contributed by atoms with van der Waals surface area (Å²) in [6, 6.07) is 10.7. The van der Waals surface area contributed by atoms with Crippen molar-refractivity contribution in [2.45, 2.75) is 6.92 Å². The van der Waals surface area contributed by atoms with Crippen LogP contribution < -0.4 is 9.47 Å². The summed E-state index contributed by atoms with van der Waals surface area (Å²) in [7, 11) is 4.38. The molecule has 0 spiro atoms. The highest BCUT2D eigenvalue weighted by molar-refractivity contribution is 9.10. The summed E-state index contributed by atoms with van der Waals surface area (Å²) < 4.78 is 16.8. The van der Waals surface area contributed by atoms with E-state index in [0.717, 1.165) is 0 Å². The van der Waals surface area contributed by atoms with Crippen molar-refractivity contribution < 1.29 is 28.6 Å². The summed E-state index contributed by atoms with van der Waals surface area (Å²) in [6.45, 7) is 4.53. The fraction of sp³-hybridized carbons (Fsp3) is 0.333. The molecule has 0 N–H and O–H groups in total. The Balaban J connectivity index is 1.97. The molecule has 1 aliphatic heterocycles. The summed E-state index contributed by atoms with van der Waals surface area (Å²) in [5.74, 6) is 0.0625. The number of halogens is 2. The summed E-state index contributed by atoms with van der Waals surface area (Å²) >= 11 is 10.2. The Morgan fingerprint density at radius 3 is 2.35 bits per heavy atom. The van der Waals surface area contributed by atoms with Gasteiger partial charge in [-0.05, 0) is 58.1 Å². The maximum atomic E-state index is 13.9. The maximum absolute atomic E-state index is 13.9. The third-order valence-electron chi connectivity index (χ3n) is 6.31. The van der Waals surface area contributed by atoms with E-state index in [1.54, 1.807) is 36.3 Å². The van der Waals surface area contributed by atoms with Gasteiger partial charge in [-0.1, -0.05) is 23.7 Å². The van der Waals surface area contributed by atoms with E-state index in [-0.39, 0.29) is 17.0 Å². The summed E-state index contributed by atoms with van der Waals surface area (Å²) in [4.78, 5) is 34.5. The number of rotatable bonds is 7. The molecule has 1 aliphatic rings. The van der Waals surface area contributed by atoms with Crippen molar-refractivity contribution in [1.82, 2.24) is 9.96 Å². The average molecular weight is 592 g/mol. The van der Waals surface area contributed by atoms with E-state index in [1.807, 2.05) is 24.1 Å². The number of hydrogen-bond donors (Lipinski definition) is 0. The zero-order valence-corrected chi connectivity index (χ0v) is 23.4. The molecule has 1 fully saturated rings. The van der Waals surface area contributed by atoms with Gasteiger partial charge in [0.05, 0.1) is 43.5 Å². The number of nitrogens with zero attached hydrogens (tertiary/aromatic N) is 2. The fourth-order valence-corrected chi connectivity index (χ4v) is 5.44. The van der Waals surface area contributed by atoms with Crippen LogP contribution in [0.5, 0.6) is 11.5 Å². The van der Waals surface area contributed by atoms with Gasteiger partial charge in [-0.25, -0.2) is 4.79 Å². The molecule has 1 saturated heterocycles. The molecule has 0 aromatic heterocycles. The van der Waals surface area contributed by atoms with E-state index in [4.69, 9.17) is 30.6 Å². The second-order valence-electron chi connectivity index (χ2n) is 8.33. The molecule has 10 heteroatoms. The lowest BCUT2D eigenvalue weighted by atomic mass is 9.88. The Kier molecular flexibility index (Phi) is 8.59. The molecule has 196 valence electrons. The Morgan fingerprint density at radius 1 is 1.00 bits per heavy atom. The van der Waals surface area contributed by atoms with Gasteiger partial charge in [0, 0.05) is 42.2 Å². The number of fused-ring (bicyclic) bond motifs is 1. The number of piperazine rings is 1. The van der Waals surface area contributed by atoms with E-state index >= 15 is 0 Å². The predicted octanol–water partition coefficient (Wildman–Crippen LogP) is 5.44. The number of hydrogen-bond acceptors (Lipinski definition) is 7. The second-order valence-corrected chi connectivity index (χ2v) is 9.59. The summed E-state index contributed by atoms with van der Waals surface area (Å²) in [5.41, 5.74) is 1.53. The Labute approximate surface area is 229 Å². The lowest BCUT2D eigenvalue weighted by molar-refractivity contribution is -0.169. The number of esters is 1. The third kappa shape index (κ3) is 5.27. The van der Waals surface area contributed by atoms with Crippen molar-refractivity contribution in [3.8, 4) is 22.6 Å². The zero-order chi connectivity index (χ0) is 26.7. The SMILES string of the molecule is CCON1CCN(C(=O)c2cc3c(Cl)cccc3c(-c3cc(Br)c(OC)c(OC)c3)c2C(=O)OC)CC1. The van der Waals surface area contributed by atoms with E-state index < -0.39 is 5.97 Å². The molecule has 0 saturated carbocycles. The van der Waals surface area contributed by atoms with Crippen LogP contribution in [0.4, 0.5) is 0 Å². The molecule has 1 heterocycles. The molecule has 3 aromatic carbocycles. The minimum absolute atomic E-state index is 0.161. The van der Waals surface area contributed by atoms with Crippen molar-refractivity contribution in [1.29, 1.82) is 0 Å². The van der Waals surface area contributed by atoms with Crippen LogP contribution in [0.3, 0.4) is 0 Å². The lowest BCUT2D eigenvalue weighted by Crippen LogP contribution is -2.48. The molecule has 0 unspecified atom stereocenters. The maximum Gasteiger partial charge on any atom is 0.339 e. The highest BCUT2D eigenvalue weighted by atomic mass is 79.9. The van der Waals surface area contributed by atoms with Crippen molar-refractivity contribution in [3.05, 3.63) is 57.0 Å². The molecule has 0 aliphatic carbocycles. The first-order valence-corrected chi connectivity index (χ1v) is 12.9. The molecule has 0 atom stereocenters. The van der Waals surface area contributed by atoms with Gasteiger partial charge >= 0.3 is 5.97 Å². The molecular weight excluding hydrogens is 564 g/mol. The quantitative estimate of drug-likeness (QED) is 0.339. The monoisotopic (exact) mass is 590 g/mol. The van der Waals surface area contributed by atoms with Crippen molar-refractivity contribution in [2.24, 2.45) is 0 Å². The van der Waals surface area contributed by atoms with E-state index in [9.17, 15) is 9.59 Å². The predicted molar refractivity (Wildman–Crippen MR) is 146 cm³/mol. The normalized spacial score (nSPS) is 14.1. The number of methoxy groups -OCH3 is 3. The Bertz CT molecular complexity index is 1340. The number of hydroxylamine groups is 2. The van der Waals surface area contributed by atoms with Crippen molar-refractivity contribution >= 4 is 50.2 Å². The van der Waals surface area contributed by atoms with Crippen LogP contribution in [0.25, 0.3) is 21.9 Å². The standard InChI is InChI=1S/C27H28BrClN2O6/c1-5-37-31-11-9-30(10-12-31)26(32)19-15-18-17(7-6-8-21(18)29)23(24(19)27(33)36-4)16-13-20(28)25(35-3)22(14-16)34-2/h6-8,13-15H,5,9-12H2,1-4H3. The van der Waals surface area contributed by atoms with Crippen LogP contribution in [-0.2, 0) is 9.57 Å². The second kappa shape index (κ2) is 11.7. The number of ether oxygens (including phenoxy) is 3. The van der Waals surface area contributed by atoms with Gasteiger partial charge in [-0.2, -0.15) is 5.06 Å². The highest BCUT2D eigenvalue weighted by Crippen LogP contribution is 2.44. The number of carbonyl (C=O) groups excluding carboxylic acids is 2. The molecule has 37 heavy (non-hydrogen) atoms. The van der Waals surface area contributed by atoms with Crippen molar-refractivity contribution in [2.75, 3.05) is 54.1 Å². The molecule has 8 nitrogen and oxygen atoms in total. The zero-order valence-electron chi connectivity index (χ0n) is 21.1. The van der Waals surface area contributed by atoms with Gasteiger partial charge < -0.3 is 19.1 Å². The molecule has 4 rings (SSSR count).